The van der Waals surface area contributed by atoms with Crippen LogP contribution in [0, 0.1) is 0 Å². The average molecular weight is 338 g/mol. The minimum Gasteiger partial charge on any atom is -0.305 e. The zero-order chi connectivity index (χ0) is 17.8. The quantitative estimate of drug-likeness (QED) is 0.798. The maximum atomic E-state index is 2.57. The predicted octanol–water partition coefficient (Wildman–Crippen LogP) is 3.55. The van der Waals surface area contributed by atoms with Crippen molar-refractivity contribution >= 4 is 0 Å². The lowest BCUT2D eigenvalue weighted by Crippen LogP contribution is -2.31. The second-order valence-corrected chi connectivity index (χ2v) is 7.78. The van der Waals surface area contributed by atoms with Crippen LogP contribution < -0.4 is 0 Å². The van der Waals surface area contributed by atoms with E-state index in [0.29, 0.717) is 6.04 Å². The summed E-state index contributed by atoms with van der Waals surface area (Å²) in [7, 11) is 8.60. The molecule has 1 unspecified atom stereocenters. The molecule has 1 aliphatic rings. The fourth-order valence-electron chi connectivity index (χ4n) is 3.65. The molecule has 0 aliphatic carbocycles. The molecule has 3 nitrogen and oxygen atoms in total. The van der Waals surface area contributed by atoms with Gasteiger partial charge in [-0.05, 0) is 62.9 Å². The molecule has 1 fully saturated rings. The van der Waals surface area contributed by atoms with Crippen molar-refractivity contribution in [3.8, 4) is 11.1 Å². The van der Waals surface area contributed by atoms with Crippen molar-refractivity contribution in [1.29, 1.82) is 0 Å². The van der Waals surface area contributed by atoms with E-state index in [0.717, 1.165) is 13.1 Å². The second-order valence-electron chi connectivity index (χ2n) is 7.78. The van der Waals surface area contributed by atoms with Gasteiger partial charge >= 0.3 is 0 Å². The van der Waals surface area contributed by atoms with E-state index in [4.69, 9.17) is 0 Å². The van der Waals surface area contributed by atoms with Gasteiger partial charge in [-0.15, -0.1) is 0 Å². The molecule has 1 aliphatic heterocycles. The molecule has 25 heavy (non-hydrogen) atoms. The van der Waals surface area contributed by atoms with E-state index in [1.165, 1.54) is 41.8 Å². The van der Waals surface area contributed by atoms with Crippen LogP contribution in [0.25, 0.3) is 11.1 Å². The Morgan fingerprint density at radius 3 is 2.32 bits per heavy atom. The fourth-order valence-corrected chi connectivity index (χ4v) is 3.65. The first-order valence-corrected chi connectivity index (χ1v) is 9.23. The molecule has 134 valence electrons. The molecular formula is C22H31N3. The predicted molar refractivity (Wildman–Crippen MR) is 107 cm³/mol. The summed E-state index contributed by atoms with van der Waals surface area (Å²) >= 11 is 0. The molecule has 0 saturated carbocycles. The lowest BCUT2D eigenvalue weighted by Gasteiger charge is -2.20. The minimum absolute atomic E-state index is 0.707. The summed E-state index contributed by atoms with van der Waals surface area (Å²) in [5.74, 6) is 0. The molecule has 2 aromatic carbocycles. The lowest BCUT2D eigenvalue weighted by molar-refractivity contribution is 0.264. The summed E-state index contributed by atoms with van der Waals surface area (Å²) in [5.41, 5.74) is 5.38. The number of rotatable bonds is 6. The first-order chi connectivity index (χ1) is 12.0. The van der Waals surface area contributed by atoms with E-state index in [-0.39, 0.29) is 0 Å². The van der Waals surface area contributed by atoms with Gasteiger partial charge in [-0.1, -0.05) is 42.5 Å². The molecule has 0 amide bonds. The monoisotopic (exact) mass is 337 g/mol. The van der Waals surface area contributed by atoms with Crippen LogP contribution in [-0.2, 0) is 13.1 Å². The fraction of sp³-hybridized carbons (Fsp3) is 0.455. The van der Waals surface area contributed by atoms with Crippen molar-refractivity contribution in [1.82, 2.24) is 14.7 Å². The topological polar surface area (TPSA) is 9.72 Å². The summed E-state index contributed by atoms with van der Waals surface area (Å²) in [6.45, 7) is 4.43. The van der Waals surface area contributed by atoms with Crippen molar-refractivity contribution in [2.45, 2.75) is 25.6 Å². The molecular weight excluding hydrogens is 306 g/mol. The van der Waals surface area contributed by atoms with Crippen molar-refractivity contribution in [3.05, 3.63) is 59.7 Å². The standard InChI is InChI=1S/C22H31N3/c1-23(2)15-19-6-5-7-21(14-19)20-10-8-18(9-11-20)16-25-13-12-22(17-25)24(3)4/h5-11,14,22H,12-13,15-17H2,1-4H3. The van der Waals surface area contributed by atoms with Crippen LogP contribution in [0.4, 0.5) is 0 Å². The average Bonchev–Trinajstić information content (AvgIpc) is 3.04. The normalized spacial score (nSPS) is 18.4. The van der Waals surface area contributed by atoms with Crippen molar-refractivity contribution in [3.63, 3.8) is 0 Å². The number of likely N-dealkylation sites (tertiary alicyclic amines) is 1. The van der Waals surface area contributed by atoms with Crippen LogP contribution in [0.2, 0.25) is 0 Å². The van der Waals surface area contributed by atoms with Gasteiger partial charge in [0.1, 0.15) is 0 Å². The SMILES string of the molecule is CN(C)Cc1cccc(-c2ccc(CN3CCC(N(C)C)C3)cc2)c1. The van der Waals surface area contributed by atoms with E-state index in [1.807, 2.05) is 0 Å². The summed E-state index contributed by atoms with van der Waals surface area (Å²) in [6, 6.07) is 18.7. The smallest absolute Gasteiger partial charge is 0.0234 e. The van der Waals surface area contributed by atoms with Crippen LogP contribution in [-0.4, -0.2) is 62.0 Å². The molecule has 0 radical (unpaired) electrons. The van der Waals surface area contributed by atoms with Gasteiger partial charge in [0, 0.05) is 32.2 Å². The Balaban J connectivity index is 1.64. The van der Waals surface area contributed by atoms with Gasteiger partial charge in [0.05, 0.1) is 0 Å². The van der Waals surface area contributed by atoms with Crippen LogP contribution in [0.15, 0.2) is 48.5 Å². The lowest BCUT2D eigenvalue weighted by atomic mass is 10.0. The van der Waals surface area contributed by atoms with Crippen LogP contribution >= 0.6 is 0 Å². The molecule has 0 spiro atoms. The van der Waals surface area contributed by atoms with E-state index in [9.17, 15) is 0 Å². The highest BCUT2D eigenvalue weighted by atomic mass is 15.2. The van der Waals surface area contributed by atoms with Crippen LogP contribution in [0.5, 0.6) is 0 Å². The largest absolute Gasteiger partial charge is 0.305 e. The van der Waals surface area contributed by atoms with Crippen LogP contribution in [0.1, 0.15) is 17.5 Å². The maximum absolute atomic E-state index is 2.57. The van der Waals surface area contributed by atoms with Gasteiger partial charge in [-0.3, -0.25) is 4.90 Å². The van der Waals surface area contributed by atoms with Crippen molar-refractivity contribution in [2.75, 3.05) is 41.3 Å². The third-order valence-electron chi connectivity index (χ3n) is 5.10. The van der Waals surface area contributed by atoms with Gasteiger partial charge in [0.25, 0.3) is 0 Å². The van der Waals surface area contributed by atoms with Crippen LogP contribution in [0.3, 0.4) is 0 Å². The highest BCUT2D eigenvalue weighted by molar-refractivity contribution is 5.64. The van der Waals surface area contributed by atoms with E-state index < -0.39 is 0 Å². The Morgan fingerprint density at radius 2 is 1.68 bits per heavy atom. The Kier molecular flexibility index (Phi) is 5.89. The second kappa shape index (κ2) is 8.13. The van der Waals surface area contributed by atoms with Crippen molar-refractivity contribution in [2.24, 2.45) is 0 Å². The zero-order valence-electron chi connectivity index (χ0n) is 16.1. The van der Waals surface area contributed by atoms with Gasteiger partial charge < -0.3 is 9.80 Å². The number of nitrogens with zero attached hydrogens (tertiary/aromatic N) is 3. The summed E-state index contributed by atoms with van der Waals surface area (Å²) in [4.78, 5) is 7.13. The molecule has 0 aromatic heterocycles. The molecule has 0 bridgehead atoms. The van der Waals surface area contributed by atoms with Gasteiger partial charge in [-0.2, -0.15) is 0 Å². The van der Waals surface area contributed by atoms with E-state index in [1.54, 1.807) is 0 Å². The van der Waals surface area contributed by atoms with Gasteiger partial charge in [-0.25, -0.2) is 0 Å². The van der Waals surface area contributed by atoms with Gasteiger partial charge in [0.15, 0.2) is 0 Å². The molecule has 1 atom stereocenters. The number of benzene rings is 2. The van der Waals surface area contributed by atoms with Crippen molar-refractivity contribution < 1.29 is 0 Å². The number of hydrogen-bond donors (Lipinski definition) is 0. The minimum atomic E-state index is 0.707. The summed E-state index contributed by atoms with van der Waals surface area (Å²) in [6.07, 6.45) is 1.28. The van der Waals surface area contributed by atoms with Gasteiger partial charge in [0.2, 0.25) is 0 Å². The number of hydrogen-bond acceptors (Lipinski definition) is 3. The highest BCUT2D eigenvalue weighted by Crippen LogP contribution is 2.23. The first-order valence-electron chi connectivity index (χ1n) is 9.23. The molecule has 2 aromatic rings. The molecule has 1 heterocycles. The summed E-state index contributed by atoms with van der Waals surface area (Å²) in [5, 5.41) is 0. The molecule has 3 heteroatoms. The maximum Gasteiger partial charge on any atom is 0.0234 e. The highest BCUT2D eigenvalue weighted by Gasteiger charge is 2.23. The molecule has 0 N–H and O–H groups in total. The Labute approximate surface area is 152 Å². The number of likely N-dealkylation sites (N-methyl/N-ethyl adjacent to an activating group) is 1. The summed E-state index contributed by atoms with van der Waals surface area (Å²) < 4.78 is 0. The third-order valence-corrected chi connectivity index (χ3v) is 5.10. The zero-order valence-corrected chi connectivity index (χ0v) is 16.1. The Bertz CT molecular complexity index is 676. The van der Waals surface area contributed by atoms with E-state index >= 15 is 0 Å². The first kappa shape index (κ1) is 18.1. The Morgan fingerprint density at radius 1 is 0.920 bits per heavy atom. The molecule has 3 rings (SSSR count). The Hall–Kier alpha value is -1.68. The third kappa shape index (κ3) is 4.91. The van der Waals surface area contributed by atoms with E-state index in [2.05, 4.69) is 91.4 Å². The molecule has 1 saturated heterocycles.